The lowest BCUT2D eigenvalue weighted by molar-refractivity contribution is -0.146. The Morgan fingerprint density at radius 1 is 1.29 bits per heavy atom. The van der Waals surface area contributed by atoms with Gasteiger partial charge in [-0.1, -0.05) is 0 Å². The van der Waals surface area contributed by atoms with Crippen molar-refractivity contribution in [3.63, 3.8) is 0 Å². The number of aromatic nitrogens is 1. The molecular weight excluding hydrogens is 362 g/mol. The molecule has 1 N–H and O–H groups in total. The molecule has 2 aliphatic rings. The van der Waals surface area contributed by atoms with Crippen molar-refractivity contribution in [2.24, 2.45) is 5.92 Å². The Balaban J connectivity index is 1.59. The molecule has 2 fully saturated rings. The normalized spacial score (nSPS) is 22.0. The van der Waals surface area contributed by atoms with Crippen molar-refractivity contribution < 1.29 is 23.9 Å². The Morgan fingerprint density at radius 2 is 1.93 bits per heavy atom. The SMILES string of the molecule is Cc1cc(C(=O)COC(=O)CN2C(=O)N[C@@](C)(C3CC3)C2=O)c(C)n1C(C)C. The number of carbonyl (C=O) groups is 4. The van der Waals surface area contributed by atoms with Crippen LogP contribution in [-0.4, -0.2) is 51.8 Å². The highest BCUT2D eigenvalue weighted by Gasteiger charge is 2.56. The number of urea groups is 1. The fourth-order valence-corrected chi connectivity index (χ4v) is 4.05. The predicted octanol–water partition coefficient (Wildman–Crippen LogP) is 2.13. The lowest BCUT2D eigenvalue weighted by atomic mass is 9.96. The van der Waals surface area contributed by atoms with Crippen molar-refractivity contribution in [2.75, 3.05) is 13.2 Å². The molecule has 2 heterocycles. The van der Waals surface area contributed by atoms with Crippen molar-refractivity contribution in [3.05, 3.63) is 23.0 Å². The maximum atomic E-state index is 12.5. The molecule has 0 bridgehead atoms. The largest absolute Gasteiger partial charge is 0.456 e. The summed E-state index contributed by atoms with van der Waals surface area (Å²) in [5.41, 5.74) is 1.35. The molecular formula is C20H27N3O5. The molecule has 3 rings (SSSR count). The molecule has 0 spiro atoms. The molecule has 1 saturated heterocycles. The molecule has 8 nitrogen and oxygen atoms in total. The molecule has 1 saturated carbocycles. The number of ether oxygens (including phenoxy) is 1. The van der Waals surface area contributed by atoms with Gasteiger partial charge in [0.15, 0.2) is 6.61 Å². The highest BCUT2D eigenvalue weighted by molar-refractivity contribution is 6.09. The zero-order chi connectivity index (χ0) is 20.8. The van der Waals surface area contributed by atoms with Crippen LogP contribution in [0.15, 0.2) is 6.07 Å². The Morgan fingerprint density at radius 3 is 2.46 bits per heavy atom. The summed E-state index contributed by atoms with van der Waals surface area (Å²) in [5.74, 6) is -1.39. The summed E-state index contributed by atoms with van der Waals surface area (Å²) in [4.78, 5) is 50.1. The molecule has 1 aromatic heterocycles. The molecule has 8 heteroatoms. The minimum atomic E-state index is -0.943. The van der Waals surface area contributed by atoms with E-state index in [1.165, 1.54) is 0 Å². The Labute approximate surface area is 164 Å². The smallest absolute Gasteiger partial charge is 0.326 e. The fraction of sp³-hybridized carbons (Fsp3) is 0.600. The molecule has 0 unspecified atom stereocenters. The van der Waals surface area contributed by atoms with Crippen LogP contribution in [0.3, 0.4) is 0 Å². The van der Waals surface area contributed by atoms with Gasteiger partial charge in [0.2, 0.25) is 5.78 Å². The van der Waals surface area contributed by atoms with Crippen molar-refractivity contribution in [1.82, 2.24) is 14.8 Å². The number of hydrogen-bond donors (Lipinski definition) is 1. The molecule has 1 aromatic rings. The van der Waals surface area contributed by atoms with Gasteiger partial charge >= 0.3 is 12.0 Å². The number of amides is 3. The number of nitrogens with one attached hydrogen (secondary N) is 1. The monoisotopic (exact) mass is 389 g/mol. The van der Waals surface area contributed by atoms with Crippen LogP contribution in [0, 0.1) is 19.8 Å². The first-order chi connectivity index (χ1) is 13.1. The average Bonchev–Trinajstić information content (AvgIpc) is 3.38. The third-order valence-corrected chi connectivity index (χ3v) is 5.65. The zero-order valence-electron chi connectivity index (χ0n) is 17.0. The van der Waals surface area contributed by atoms with E-state index in [1.54, 1.807) is 13.0 Å². The summed E-state index contributed by atoms with van der Waals surface area (Å²) in [5, 5.41) is 2.68. The Bertz CT molecular complexity index is 852. The number of imide groups is 1. The minimum Gasteiger partial charge on any atom is -0.456 e. The van der Waals surface area contributed by atoms with E-state index in [1.807, 2.05) is 32.3 Å². The van der Waals surface area contributed by atoms with E-state index >= 15 is 0 Å². The van der Waals surface area contributed by atoms with Crippen LogP contribution in [0.25, 0.3) is 0 Å². The summed E-state index contributed by atoms with van der Waals surface area (Å²) >= 11 is 0. The highest BCUT2D eigenvalue weighted by Crippen LogP contribution is 2.42. The van der Waals surface area contributed by atoms with E-state index < -0.39 is 36.6 Å². The van der Waals surface area contributed by atoms with Crippen molar-refractivity contribution >= 4 is 23.7 Å². The number of esters is 1. The van der Waals surface area contributed by atoms with Crippen molar-refractivity contribution in [1.29, 1.82) is 0 Å². The molecule has 0 radical (unpaired) electrons. The topological polar surface area (TPSA) is 97.7 Å². The van der Waals surface area contributed by atoms with Gasteiger partial charge in [0.25, 0.3) is 5.91 Å². The van der Waals surface area contributed by atoms with E-state index in [-0.39, 0.29) is 17.7 Å². The van der Waals surface area contributed by atoms with Crippen molar-refractivity contribution in [2.45, 2.75) is 59.0 Å². The van der Waals surface area contributed by atoms with Gasteiger partial charge in [0.05, 0.1) is 0 Å². The molecule has 1 atom stereocenters. The number of nitrogens with zero attached hydrogens (tertiary/aromatic N) is 2. The first-order valence-electron chi connectivity index (χ1n) is 9.57. The van der Waals surface area contributed by atoms with Crippen LogP contribution in [-0.2, 0) is 14.3 Å². The maximum Gasteiger partial charge on any atom is 0.326 e. The second-order valence-electron chi connectivity index (χ2n) is 8.13. The van der Waals surface area contributed by atoms with Gasteiger partial charge in [-0.3, -0.25) is 19.3 Å². The zero-order valence-corrected chi connectivity index (χ0v) is 17.0. The predicted molar refractivity (Wildman–Crippen MR) is 101 cm³/mol. The summed E-state index contributed by atoms with van der Waals surface area (Å²) in [6, 6.07) is 1.40. The third-order valence-electron chi connectivity index (χ3n) is 5.65. The minimum absolute atomic E-state index is 0.114. The molecule has 152 valence electrons. The van der Waals surface area contributed by atoms with Gasteiger partial charge in [-0.15, -0.1) is 0 Å². The number of ketones is 1. The molecule has 0 aromatic carbocycles. The van der Waals surface area contributed by atoms with Crippen LogP contribution in [0.2, 0.25) is 0 Å². The summed E-state index contributed by atoms with van der Waals surface area (Å²) in [6.07, 6.45) is 1.76. The molecule has 1 aliphatic carbocycles. The van der Waals surface area contributed by atoms with Crippen LogP contribution < -0.4 is 5.32 Å². The third kappa shape index (κ3) is 3.43. The van der Waals surface area contributed by atoms with Gasteiger partial charge in [-0.05, 0) is 59.4 Å². The second kappa shape index (κ2) is 7.07. The van der Waals surface area contributed by atoms with E-state index in [4.69, 9.17) is 4.74 Å². The average molecular weight is 389 g/mol. The molecule has 3 amide bonds. The van der Waals surface area contributed by atoms with Crippen LogP contribution in [0.4, 0.5) is 4.79 Å². The van der Waals surface area contributed by atoms with Gasteiger partial charge in [-0.2, -0.15) is 0 Å². The Kier molecular flexibility index (Phi) is 5.08. The first kappa shape index (κ1) is 20.1. The highest BCUT2D eigenvalue weighted by atomic mass is 16.5. The van der Waals surface area contributed by atoms with Crippen LogP contribution >= 0.6 is 0 Å². The lowest BCUT2D eigenvalue weighted by Gasteiger charge is -2.20. The second-order valence-corrected chi connectivity index (χ2v) is 8.13. The summed E-state index contributed by atoms with van der Waals surface area (Å²) < 4.78 is 7.10. The van der Waals surface area contributed by atoms with Crippen molar-refractivity contribution in [3.8, 4) is 0 Å². The van der Waals surface area contributed by atoms with Gasteiger partial charge < -0.3 is 14.6 Å². The van der Waals surface area contributed by atoms with Gasteiger partial charge in [0, 0.05) is 23.0 Å². The number of carbonyl (C=O) groups excluding carboxylic acids is 4. The van der Waals surface area contributed by atoms with E-state index in [0.29, 0.717) is 5.56 Å². The standard InChI is InChI=1S/C20H27N3O5/c1-11(2)23-12(3)8-15(13(23)4)16(24)10-28-17(25)9-22-18(26)20(5,14-6-7-14)21-19(22)27/h8,11,14H,6-7,9-10H2,1-5H3,(H,21,27)/t20-/m0/s1. The number of Topliss-reactive ketones (excluding diaryl/α,β-unsaturated/α-hetero) is 1. The Hall–Kier alpha value is -2.64. The first-order valence-corrected chi connectivity index (χ1v) is 9.57. The fourth-order valence-electron chi connectivity index (χ4n) is 4.05. The maximum absolute atomic E-state index is 12.5. The van der Waals surface area contributed by atoms with Crippen LogP contribution in [0.5, 0.6) is 0 Å². The quantitative estimate of drug-likeness (QED) is 0.438. The van der Waals surface area contributed by atoms with E-state index in [2.05, 4.69) is 5.32 Å². The van der Waals surface area contributed by atoms with E-state index in [0.717, 1.165) is 29.1 Å². The number of hydrogen-bond acceptors (Lipinski definition) is 5. The lowest BCUT2D eigenvalue weighted by Crippen LogP contribution is -2.46. The van der Waals surface area contributed by atoms with Gasteiger partial charge in [-0.25, -0.2) is 4.79 Å². The number of rotatable bonds is 7. The van der Waals surface area contributed by atoms with Gasteiger partial charge in [0.1, 0.15) is 12.1 Å². The number of aryl methyl sites for hydroxylation is 1. The summed E-state index contributed by atoms with van der Waals surface area (Å²) in [7, 11) is 0. The van der Waals surface area contributed by atoms with Crippen LogP contribution in [0.1, 0.15) is 61.4 Å². The van der Waals surface area contributed by atoms with E-state index in [9.17, 15) is 19.2 Å². The summed E-state index contributed by atoms with van der Waals surface area (Å²) in [6.45, 7) is 8.60. The molecule has 1 aliphatic heterocycles. The molecule has 28 heavy (non-hydrogen) atoms.